The summed E-state index contributed by atoms with van der Waals surface area (Å²) in [5, 5.41) is 0. The van der Waals surface area contributed by atoms with Crippen molar-refractivity contribution in [3.63, 3.8) is 0 Å². The first-order chi connectivity index (χ1) is 9.70. The molecule has 1 fully saturated rings. The molecular formula is C18H27NO. The molecule has 0 radical (unpaired) electrons. The van der Waals surface area contributed by atoms with Crippen LogP contribution in [0.3, 0.4) is 0 Å². The van der Waals surface area contributed by atoms with Crippen molar-refractivity contribution in [2.45, 2.75) is 46.0 Å². The number of nitrogens with zero attached hydrogens (tertiary/aromatic N) is 1. The summed E-state index contributed by atoms with van der Waals surface area (Å²) in [5.41, 5.74) is 2.13. The largest absolute Gasteiger partial charge is 0.303 e. The van der Waals surface area contributed by atoms with Crippen molar-refractivity contribution in [2.24, 2.45) is 5.92 Å². The van der Waals surface area contributed by atoms with E-state index in [-0.39, 0.29) is 5.92 Å². The van der Waals surface area contributed by atoms with Crippen molar-refractivity contribution in [1.82, 2.24) is 4.90 Å². The molecule has 1 heterocycles. The standard InChI is InChI=1S/C18H27NO/c1-3-16-8-7-9-17(14-16)18(20)15(2)10-13-19-11-5-4-6-12-19/h7-9,14-15H,3-6,10-13H2,1-2H3. The van der Waals surface area contributed by atoms with E-state index in [1.54, 1.807) is 0 Å². The van der Waals surface area contributed by atoms with Gasteiger partial charge in [-0.3, -0.25) is 4.79 Å². The summed E-state index contributed by atoms with van der Waals surface area (Å²) in [6, 6.07) is 8.11. The molecule has 1 aliphatic heterocycles. The van der Waals surface area contributed by atoms with Crippen LogP contribution in [0.5, 0.6) is 0 Å². The van der Waals surface area contributed by atoms with Gasteiger partial charge < -0.3 is 4.90 Å². The Morgan fingerprint density at radius 2 is 2.00 bits per heavy atom. The predicted molar refractivity (Wildman–Crippen MR) is 84.2 cm³/mol. The van der Waals surface area contributed by atoms with E-state index in [1.807, 2.05) is 12.1 Å². The lowest BCUT2D eigenvalue weighted by Crippen LogP contribution is -2.32. The molecular weight excluding hydrogens is 246 g/mol. The van der Waals surface area contributed by atoms with Gasteiger partial charge in [0.25, 0.3) is 0 Å². The molecule has 0 N–H and O–H groups in total. The molecule has 0 saturated carbocycles. The van der Waals surface area contributed by atoms with Gasteiger partial charge in [-0.2, -0.15) is 0 Å². The van der Waals surface area contributed by atoms with Crippen molar-refractivity contribution in [2.75, 3.05) is 19.6 Å². The minimum atomic E-state index is 0.129. The number of ketones is 1. The molecule has 1 aromatic carbocycles. The summed E-state index contributed by atoms with van der Waals surface area (Å²) in [5.74, 6) is 0.432. The van der Waals surface area contributed by atoms with Crippen LogP contribution in [0.2, 0.25) is 0 Å². The molecule has 2 nitrogen and oxygen atoms in total. The van der Waals surface area contributed by atoms with Gasteiger partial charge in [-0.15, -0.1) is 0 Å². The quantitative estimate of drug-likeness (QED) is 0.732. The predicted octanol–water partition coefficient (Wildman–Crippen LogP) is 3.94. The molecule has 1 aromatic rings. The van der Waals surface area contributed by atoms with Gasteiger partial charge in [0.1, 0.15) is 0 Å². The van der Waals surface area contributed by atoms with Crippen LogP contribution in [0.25, 0.3) is 0 Å². The number of piperidine rings is 1. The maximum Gasteiger partial charge on any atom is 0.165 e. The Morgan fingerprint density at radius 3 is 2.70 bits per heavy atom. The molecule has 1 atom stereocenters. The van der Waals surface area contributed by atoms with Crippen molar-refractivity contribution in [3.05, 3.63) is 35.4 Å². The third-order valence-electron chi connectivity index (χ3n) is 4.39. The summed E-state index contributed by atoms with van der Waals surface area (Å²) in [6.07, 6.45) is 5.98. The van der Waals surface area contributed by atoms with Crippen LogP contribution in [0, 0.1) is 5.92 Å². The van der Waals surface area contributed by atoms with Crippen LogP contribution < -0.4 is 0 Å². The van der Waals surface area contributed by atoms with Gasteiger partial charge in [-0.25, -0.2) is 0 Å². The maximum atomic E-state index is 12.5. The van der Waals surface area contributed by atoms with E-state index >= 15 is 0 Å². The molecule has 0 bridgehead atoms. The van der Waals surface area contributed by atoms with Gasteiger partial charge in [0.15, 0.2) is 5.78 Å². The zero-order valence-electron chi connectivity index (χ0n) is 12.9. The van der Waals surface area contributed by atoms with Gasteiger partial charge >= 0.3 is 0 Å². The fourth-order valence-corrected chi connectivity index (χ4v) is 2.92. The molecule has 1 aliphatic rings. The number of hydrogen-bond donors (Lipinski definition) is 0. The molecule has 20 heavy (non-hydrogen) atoms. The number of benzene rings is 1. The number of aryl methyl sites for hydroxylation is 1. The Labute approximate surface area is 123 Å². The molecule has 0 aliphatic carbocycles. The minimum absolute atomic E-state index is 0.129. The SMILES string of the molecule is CCc1cccc(C(=O)C(C)CCN2CCCCC2)c1. The van der Waals surface area contributed by atoms with E-state index in [4.69, 9.17) is 0 Å². The Balaban J connectivity index is 1.87. The van der Waals surface area contributed by atoms with Gasteiger partial charge in [0.05, 0.1) is 0 Å². The highest BCUT2D eigenvalue weighted by Gasteiger charge is 2.17. The van der Waals surface area contributed by atoms with Crippen LogP contribution in [-0.4, -0.2) is 30.3 Å². The van der Waals surface area contributed by atoms with Crippen LogP contribution in [0.4, 0.5) is 0 Å². The fourth-order valence-electron chi connectivity index (χ4n) is 2.92. The zero-order chi connectivity index (χ0) is 14.4. The Kier molecular flexibility index (Phi) is 5.78. The molecule has 2 rings (SSSR count). The molecule has 110 valence electrons. The van der Waals surface area contributed by atoms with Crippen molar-refractivity contribution in [3.8, 4) is 0 Å². The van der Waals surface area contributed by atoms with E-state index in [0.29, 0.717) is 5.78 Å². The number of hydrogen-bond acceptors (Lipinski definition) is 2. The number of carbonyl (C=O) groups is 1. The molecule has 0 amide bonds. The monoisotopic (exact) mass is 273 g/mol. The van der Waals surface area contributed by atoms with E-state index < -0.39 is 0 Å². The number of likely N-dealkylation sites (tertiary alicyclic amines) is 1. The zero-order valence-corrected chi connectivity index (χ0v) is 12.9. The second-order valence-corrected chi connectivity index (χ2v) is 6.01. The number of Topliss-reactive ketones (excluding diaryl/α,β-unsaturated/α-hetero) is 1. The van der Waals surface area contributed by atoms with Gasteiger partial charge in [-0.1, -0.05) is 38.5 Å². The smallest absolute Gasteiger partial charge is 0.165 e. The van der Waals surface area contributed by atoms with E-state index in [0.717, 1.165) is 24.9 Å². The second kappa shape index (κ2) is 7.58. The van der Waals surface area contributed by atoms with Crippen LogP contribution in [0.15, 0.2) is 24.3 Å². The third-order valence-corrected chi connectivity index (χ3v) is 4.39. The first kappa shape index (κ1) is 15.2. The second-order valence-electron chi connectivity index (χ2n) is 6.01. The summed E-state index contributed by atoms with van der Waals surface area (Å²) in [7, 11) is 0. The molecule has 0 aromatic heterocycles. The average Bonchev–Trinajstić information content (AvgIpc) is 2.53. The molecule has 1 unspecified atom stereocenters. The maximum absolute atomic E-state index is 12.5. The highest BCUT2D eigenvalue weighted by Crippen LogP contribution is 2.16. The molecule has 1 saturated heterocycles. The lowest BCUT2D eigenvalue weighted by Gasteiger charge is -2.27. The van der Waals surface area contributed by atoms with Crippen LogP contribution in [0.1, 0.15) is 55.5 Å². The first-order valence-electron chi connectivity index (χ1n) is 8.06. The minimum Gasteiger partial charge on any atom is -0.303 e. The highest BCUT2D eigenvalue weighted by atomic mass is 16.1. The summed E-state index contributed by atoms with van der Waals surface area (Å²) in [4.78, 5) is 15.0. The van der Waals surface area contributed by atoms with Crippen molar-refractivity contribution in [1.29, 1.82) is 0 Å². The van der Waals surface area contributed by atoms with Crippen molar-refractivity contribution >= 4 is 5.78 Å². The average molecular weight is 273 g/mol. The van der Waals surface area contributed by atoms with E-state index in [9.17, 15) is 4.79 Å². The summed E-state index contributed by atoms with van der Waals surface area (Å²) < 4.78 is 0. The molecule has 2 heteroatoms. The van der Waals surface area contributed by atoms with Gasteiger partial charge in [0.2, 0.25) is 0 Å². The Morgan fingerprint density at radius 1 is 1.25 bits per heavy atom. The van der Waals surface area contributed by atoms with Gasteiger partial charge in [0, 0.05) is 11.5 Å². The first-order valence-corrected chi connectivity index (χ1v) is 8.06. The normalized spacial score (nSPS) is 17.9. The summed E-state index contributed by atoms with van der Waals surface area (Å²) >= 11 is 0. The summed E-state index contributed by atoms with van der Waals surface area (Å²) in [6.45, 7) is 7.70. The topological polar surface area (TPSA) is 20.3 Å². The highest BCUT2D eigenvalue weighted by molar-refractivity contribution is 5.97. The van der Waals surface area contributed by atoms with Gasteiger partial charge in [-0.05, 0) is 56.9 Å². The van der Waals surface area contributed by atoms with Crippen LogP contribution >= 0.6 is 0 Å². The third kappa shape index (κ3) is 4.17. The Bertz CT molecular complexity index is 435. The lowest BCUT2D eigenvalue weighted by molar-refractivity contribution is 0.0911. The van der Waals surface area contributed by atoms with E-state index in [1.165, 1.54) is 37.9 Å². The molecule has 0 spiro atoms. The Hall–Kier alpha value is -1.15. The fraction of sp³-hybridized carbons (Fsp3) is 0.611. The lowest BCUT2D eigenvalue weighted by atomic mass is 9.94. The number of rotatable bonds is 6. The van der Waals surface area contributed by atoms with Crippen molar-refractivity contribution < 1.29 is 4.79 Å². The van der Waals surface area contributed by atoms with Crippen LogP contribution in [-0.2, 0) is 6.42 Å². The number of carbonyl (C=O) groups excluding carboxylic acids is 1. The van der Waals surface area contributed by atoms with E-state index in [2.05, 4.69) is 30.9 Å².